The maximum absolute atomic E-state index is 13.1. The van der Waals surface area contributed by atoms with Crippen LogP contribution >= 0.6 is 11.3 Å². The summed E-state index contributed by atoms with van der Waals surface area (Å²) in [6, 6.07) is 12.2. The lowest BCUT2D eigenvalue weighted by Gasteiger charge is -2.23. The van der Waals surface area contributed by atoms with Gasteiger partial charge < -0.3 is 9.47 Å². The van der Waals surface area contributed by atoms with Crippen molar-refractivity contribution in [3.8, 4) is 11.5 Å². The number of nitrogens with zero attached hydrogens (tertiary/aromatic N) is 2. The van der Waals surface area contributed by atoms with Gasteiger partial charge in [-0.25, -0.2) is 13.4 Å². The maximum atomic E-state index is 13.1. The highest BCUT2D eigenvalue weighted by Gasteiger charge is 2.29. The van der Waals surface area contributed by atoms with Crippen LogP contribution in [0.15, 0.2) is 47.4 Å². The third kappa shape index (κ3) is 3.40. The molecule has 2 aromatic carbocycles. The van der Waals surface area contributed by atoms with Crippen LogP contribution in [0, 0.1) is 0 Å². The molecule has 0 fully saturated rings. The smallest absolute Gasteiger partial charge is 0.243 e. The fourth-order valence-electron chi connectivity index (χ4n) is 2.90. The minimum absolute atomic E-state index is 0.183. The molecule has 0 saturated carbocycles. The second kappa shape index (κ2) is 7.10. The van der Waals surface area contributed by atoms with E-state index in [-0.39, 0.29) is 10.9 Å². The standard InChI is InChI=1S/C19H20N2O4S2/c1-13(19-20-15-6-3-4-7-18(15)26-19)21(2)27(22,23)14-8-9-16-17(12-14)25-11-5-10-24-16/h3-4,6-9,12-13H,5,10-11H2,1-2H3/t13-/m1/s1. The van der Waals surface area contributed by atoms with Crippen molar-refractivity contribution in [2.75, 3.05) is 20.3 Å². The summed E-state index contributed by atoms with van der Waals surface area (Å²) < 4.78 is 39.9. The van der Waals surface area contributed by atoms with E-state index in [0.717, 1.165) is 21.6 Å². The Morgan fingerprint density at radius 3 is 2.63 bits per heavy atom. The normalized spacial score (nSPS) is 15.7. The Balaban J connectivity index is 1.65. The Morgan fingerprint density at radius 1 is 1.11 bits per heavy atom. The Bertz CT molecular complexity index is 1050. The molecule has 0 saturated heterocycles. The number of hydrogen-bond donors (Lipinski definition) is 0. The average molecular weight is 405 g/mol. The van der Waals surface area contributed by atoms with Crippen molar-refractivity contribution in [1.82, 2.24) is 9.29 Å². The van der Waals surface area contributed by atoms with Gasteiger partial charge in [0.1, 0.15) is 5.01 Å². The molecule has 142 valence electrons. The molecule has 6 nitrogen and oxygen atoms in total. The lowest BCUT2D eigenvalue weighted by atomic mass is 10.3. The van der Waals surface area contributed by atoms with E-state index in [1.165, 1.54) is 21.7 Å². The van der Waals surface area contributed by atoms with Crippen molar-refractivity contribution in [1.29, 1.82) is 0 Å². The van der Waals surface area contributed by atoms with E-state index < -0.39 is 10.0 Å². The fourth-order valence-corrected chi connectivity index (χ4v) is 5.38. The summed E-state index contributed by atoms with van der Waals surface area (Å²) in [4.78, 5) is 4.77. The molecule has 1 aliphatic heterocycles. The zero-order valence-electron chi connectivity index (χ0n) is 15.1. The highest BCUT2D eigenvalue weighted by atomic mass is 32.2. The number of ether oxygens (including phenoxy) is 2. The molecule has 0 aliphatic carbocycles. The highest BCUT2D eigenvalue weighted by molar-refractivity contribution is 7.89. The number of rotatable bonds is 4. The lowest BCUT2D eigenvalue weighted by Crippen LogP contribution is -2.29. The lowest BCUT2D eigenvalue weighted by molar-refractivity contribution is 0.296. The summed E-state index contributed by atoms with van der Waals surface area (Å²) in [6.07, 6.45) is 0.769. The Hall–Kier alpha value is -2.16. The van der Waals surface area contributed by atoms with E-state index in [9.17, 15) is 8.42 Å². The van der Waals surface area contributed by atoms with Crippen LogP contribution in [-0.2, 0) is 10.0 Å². The zero-order valence-corrected chi connectivity index (χ0v) is 16.7. The Morgan fingerprint density at radius 2 is 1.85 bits per heavy atom. The number of para-hydroxylation sites is 1. The van der Waals surface area contributed by atoms with Gasteiger partial charge >= 0.3 is 0 Å². The quantitative estimate of drug-likeness (QED) is 0.661. The highest BCUT2D eigenvalue weighted by Crippen LogP contribution is 2.35. The molecule has 1 aliphatic rings. The first-order valence-electron chi connectivity index (χ1n) is 8.70. The molecule has 0 N–H and O–H groups in total. The summed E-state index contributed by atoms with van der Waals surface area (Å²) in [5.41, 5.74) is 0.880. The molecule has 4 rings (SSSR count). The van der Waals surface area contributed by atoms with Crippen molar-refractivity contribution >= 4 is 31.6 Å². The van der Waals surface area contributed by atoms with Crippen molar-refractivity contribution in [2.45, 2.75) is 24.3 Å². The van der Waals surface area contributed by atoms with Crippen molar-refractivity contribution in [2.24, 2.45) is 0 Å². The predicted octanol–water partition coefficient (Wildman–Crippen LogP) is 3.84. The van der Waals surface area contributed by atoms with Crippen molar-refractivity contribution in [3.63, 3.8) is 0 Å². The molecule has 27 heavy (non-hydrogen) atoms. The van der Waals surface area contributed by atoms with E-state index in [0.29, 0.717) is 24.7 Å². The van der Waals surface area contributed by atoms with Gasteiger partial charge in [0.05, 0.1) is 34.4 Å². The third-order valence-corrected chi connectivity index (χ3v) is 7.74. The summed E-state index contributed by atoms with van der Waals surface area (Å²) in [6.45, 7) is 2.92. The van der Waals surface area contributed by atoms with Crippen LogP contribution < -0.4 is 9.47 Å². The first-order chi connectivity index (χ1) is 13.0. The molecular weight excluding hydrogens is 384 g/mol. The molecular formula is C19H20N2O4S2. The maximum Gasteiger partial charge on any atom is 0.243 e. The number of aromatic nitrogens is 1. The molecule has 0 unspecified atom stereocenters. The SMILES string of the molecule is C[C@H](c1nc2ccccc2s1)N(C)S(=O)(=O)c1ccc2c(c1)OCCCO2. The van der Waals surface area contributed by atoms with Gasteiger partial charge in [-0.3, -0.25) is 0 Å². The van der Waals surface area contributed by atoms with Crippen LogP contribution in [0.3, 0.4) is 0 Å². The molecule has 0 bridgehead atoms. The van der Waals surface area contributed by atoms with Crippen molar-refractivity contribution in [3.05, 3.63) is 47.5 Å². The number of benzene rings is 2. The number of sulfonamides is 1. The second-order valence-electron chi connectivity index (χ2n) is 6.38. The first kappa shape index (κ1) is 18.2. The van der Waals surface area contributed by atoms with Gasteiger partial charge in [-0.2, -0.15) is 4.31 Å². The van der Waals surface area contributed by atoms with Gasteiger partial charge in [-0.1, -0.05) is 12.1 Å². The number of hydrogen-bond acceptors (Lipinski definition) is 6. The van der Waals surface area contributed by atoms with Gasteiger partial charge in [-0.05, 0) is 31.2 Å². The average Bonchev–Trinajstić information content (AvgIpc) is 2.97. The fraction of sp³-hybridized carbons (Fsp3) is 0.316. The molecule has 1 atom stereocenters. The van der Waals surface area contributed by atoms with E-state index in [1.807, 2.05) is 31.2 Å². The minimum atomic E-state index is -3.70. The first-order valence-corrected chi connectivity index (χ1v) is 11.0. The molecule has 0 spiro atoms. The summed E-state index contributed by atoms with van der Waals surface area (Å²) in [7, 11) is -2.13. The van der Waals surface area contributed by atoms with E-state index >= 15 is 0 Å². The molecule has 3 aromatic rings. The van der Waals surface area contributed by atoms with E-state index in [1.54, 1.807) is 19.2 Å². The Kier molecular flexibility index (Phi) is 4.79. The molecule has 2 heterocycles. The number of thiazole rings is 1. The predicted molar refractivity (Wildman–Crippen MR) is 105 cm³/mol. The van der Waals surface area contributed by atoms with Gasteiger partial charge in [0.2, 0.25) is 10.0 Å². The molecule has 0 amide bonds. The topological polar surface area (TPSA) is 68.7 Å². The summed E-state index contributed by atoms with van der Waals surface area (Å²) in [5, 5.41) is 0.761. The Labute approximate surface area is 162 Å². The van der Waals surface area contributed by atoms with Crippen LogP contribution in [0.2, 0.25) is 0 Å². The van der Waals surface area contributed by atoms with Crippen LogP contribution in [0.25, 0.3) is 10.2 Å². The van der Waals surface area contributed by atoms with E-state index in [4.69, 9.17) is 9.47 Å². The molecule has 8 heteroatoms. The zero-order chi connectivity index (χ0) is 19.0. The largest absolute Gasteiger partial charge is 0.490 e. The molecule has 0 radical (unpaired) electrons. The minimum Gasteiger partial charge on any atom is -0.490 e. The second-order valence-corrected chi connectivity index (χ2v) is 9.44. The van der Waals surface area contributed by atoms with Gasteiger partial charge in [-0.15, -0.1) is 11.3 Å². The van der Waals surface area contributed by atoms with Gasteiger partial charge in [0.25, 0.3) is 0 Å². The van der Waals surface area contributed by atoms with Crippen LogP contribution in [0.1, 0.15) is 24.4 Å². The van der Waals surface area contributed by atoms with Crippen LogP contribution in [-0.4, -0.2) is 38.0 Å². The van der Waals surface area contributed by atoms with Crippen molar-refractivity contribution < 1.29 is 17.9 Å². The van der Waals surface area contributed by atoms with E-state index in [2.05, 4.69) is 4.98 Å². The van der Waals surface area contributed by atoms with Gasteiger partial charge in [0.15, 0.2) is 11.5 Å². The molecule has 1 aromatic heterocycles. The van der Waals surface area contributed by atoms with Crippen LogP contribution in [0.5, 0.6) is 11.5 Å². The monoisotopic (exact) mass is 404 g/mol. The van der Waals surface area contributed by atoms with Gasteiger partial charge in [0, 0.05) is 19.5 Å². The third-order valence-electron chi connectivity index (χ3n) is 4.61. The number of fused-ring (bicyclic) bond motifs is 2. The summed E-state index contributed by atoms with van der Waals surface area (Å²) >= 11 is 1.51. The van der Waals surface area contributed by atoms with Crippen LogP contribution in [0.4, 0.5) is 0 Å². The summed E-state index contributed by atoms with van der Waals surface area (Å²) in [5.74, 6) is 1.04.